The lowest BCUT2D eigenvalue weighted by atomic mass is 9.97. The topological polar surface area (TPSA) is 73.9 Å². The molecular weight excluding hydrogens is 218 g/mol. The van der Waals surface area contributed by atoms with E-state index in [1.165, 1.54) is 6.20 Å². The average molecular weight is 237 g/mol. The Morgan fingerprint density at radius 1 is 1.53 bits per heavy atom. The van der Waals surface area contributed by atoms with Gasteiger partial charge in [0, 0.05) is 13.1 Å². The van der Waals surface area contributed by atoms with E-state index in [1.807, 2.05) is 11.8 Å². The van der Waals surface area contributed by atoms with Gasteiger partial charge in [0.15, 0.2) is 5.69 Å². The molecule has 0 aliphatic carbocycles. The van der Waals surface area contributed by atoms with E-state index in [1.54, 1.807) is 0 Å². The molecule has 0 spiro atoms. The van der Waals surface area contributed by atoms with E-state index >= 15 is 0 Å². The Morgan fingerprint density at radius 3 is 2.88 bits per heavy atom. The van der Waals surface area contributed by atoms with Gasteiger partial charge in [-0.05, 0) is 38.8 Å². The van der Waals surface area contributed by atoms with E-state index in [0.29, 0.717) is 11.6 Å². The molecule has 1 aromatic heterocycles. The molecule has 0 saturated carbocycles. The first kappa shape index (κ1) is 12.0. The lowest BCUT2D eigenvalue weighted by Gasteiger charge is -2.28. The SMILES string of the molecule is CCN(CC1CCNCC1)C(=O)c1cn[nH]n1. The maximum absolute atomic E-state index is 12.1. The van der Waals surface area contributed by atoms with Crippen LogP contribution in [0.4, 0.5) is 0 Å². The van der Waals surface area contributed by atoms with Gasteiger partial charge in [-0.2, -0.15) is 15.4 Å². The number of nitrogens with zero attached hydrogens (tertiary/aromatic N) is 3. The van der Waals surface area contributed by atoms with Crippen molar-refractivity contribution in [2.24, 2.45) is 5.92 Å². The zero-order valence-electron chi connectivity index (χ0n) is 10.1. The minimum Gasteiger partial charge on any atom is -0.337 e. The van der Waals surface area contributed by atoms with Gasteiger partial charge in [-0.25, -0.2) is 0 Å². The molecule has 1 amide bonds. The summed E-state index contributed by atoms with van der Waals surface area (Å²) in [6.07, 6.45) is 3.76. The maximum atomic E-state index is 12.1. The van der Waals surface area contributed by atoms with Crippen molar-refractivity contribution >= 4 is 5.91 Å². The Kier molecular flexibility index (Phi) is 4.08. The van der Waals surface area contributed by atoms with E-state index in [9.17, 15) is 4.79 Å². The Bertz CT molecular complexity index is 345. The lowest BCUT2D eigenvalue weighted by Crippen LogP contribution is -2.39. The summed E-state index contributed by atoms with van der Waals surface area (Å²) >= 11 is 0. The van der Waals surface area contributed by atoms with Crippen molar-refractivity contribution in [3.05, 3.63) is 11.9 Å². The summed E-state index contributed by atoms with van der Waals surface area (Å²) < 4.78 is 0. The first-order chi connectivity index (χ1) is 8.31. The number of aromatic nitrogens is 3. The van der Waals surface area contributed by atoms with Gasteiger partial charge in [0.25, 0.3) is 5.91 Å². The molecule has 0 bridgehead atoms. The Hall–Kier alpha value is -1.43. The number of H-pyrrole nitrogens is 1. The molecule has 0 unspecified atom stereocenters. The standard InChI is InChI=1S/C11H19N5O/c1-2-16(8-9-3-5-12-6-4-9)11(17)10-7-13-15-14-10/h7,9,12H,2-6,8H2,1H3,(H,13,14,15). The summed E-state index contributed by atoms with van der Waals surface area (Å²) in [6, 6.07) is 0. The molecule has 0 atom stereocenters. The Labute approximate surface area is 101 Å². The van der Waals surface area contributed by atoms with Gasteiger partial charge in [-0.3, -0.25) is 4.79 Å². The quantitative estimate of drug-likeness (QED) is 0.788. The summed E-state index contributed by atoms with van der Waals surface area (Å²) in [5.41, 5.74) is 0.404. The molecule has 1 fully saturated rings. The predicted octanol–water partition coefficient (Wildman–Crippen LogP) is 0.266. The molecule has 2 rings (SSSR count). The van der Waals surface area contributed by atoms with Gasteiger partial charge in [0.1, 0.15) is 0 Å². The fraction of sp³-hybridized carbons (Fsp3) is 0.727. The van der Waals surface area contributed by atoms with Crippen LogP contribution >= 0.6 is 0 Å². The van der Waals surface area contributed by atoms with Crippen molar-refractivity contribution in [2.45, 2.75) is 19.8 Å². The van der Waals surface area contributed by atoms with Crippen LogP contribution in [0.5, 0.6) is 0 Å². The van der Waals surface area contributed by atoms with E-state index in [4.69, 9.17) is 0 Å². The zero-order valence-corrected chi connectivity index (χ0v) is 10.1. The van der Waals surface area contributed by atoms with Crippen LogP contribution in [-0.4, -0.2) is 52.4 Å². The number of rotatable bonds is 4. The largest absolute Gasteiger partial charge is 0.337 e. The molecule has 1 aliphatic rings. The van der Waals surface area contributed by atoms with E-state index in [0.717, 1.165) is 39.0 Å². The second-order valence-corrected chi connectivity index (χ2v) is 4.39. The fourth-order valence-electron chi connectivity index (χ4n) is 2.20. The molecular formula is C11H19N5O. The molecule has 2 heterocycles. The van der Waals surface area contributed by atoms with Crippen LogP contribution in [0, 0.1) is 5.92 Å². The van der Waals surface area contributed by atoms with Crippen molar-refractivity contribution in [2.75, 3.05) is 26.2 Å². The zero-order chi connectivity index (χ0) is 12.1. The van der Waals surface area contributed by atoms with E-state index in [2.05, 4.69) is 20.7 Å². The minimum atomic E-state index is -0.0280. The Balaban J connectivity index is 1.93. The minimum absolute atomic E-state index is 0.0280. The number of aromatic amines is 1. The first-order valence-corrected chi connectivity index (χ1v) is 6.17. The van der Waals surface area contributed by atoms with Crippen LogP contribution in [0.1, 0.15) is 30.3 Å². The van der Waals surface area contributed by atoms with Crippen LogP contribution in [0.15, 0.2) is 6.20 Å². The molecule has 0 aromatic carbocycles. The number of carbonyl (C=O) groups excluding carboxylic acids is 1. The van der Waals surface area contributed by atoms with Crippen molar-refractivity contribution in [1.82, 2.24) is 25.6 Å². The highest BCUT2D eigenvalue weighted by atomic mass is 16.2. The number of amides is 1. The summed E-state index contributed by atoms with van der Waals surface area (Å²) in [5, 5.41) is 13.3. The van der Waals surface area contributed by atoms with Crippen molar-refractivity contribution < 1.29 is 4.79 Å². The smallest absolute Gasteiger partial charge is 0.276 e. The van der Waals surface area contributed by atoms with E-state index in [-0.39, 0.29) is 5.91 Å². The predicted molar refractivity (Wildman–Crippen MR) is 63.6 cm³/mol. The third-order valence-electron chi connectivity index (χ3n) is 3.24. The van der Waals surface area contributed by atoms with Gasteiger partial charge >= 0.3 is 0 Å². The molecule has 17 heavy (non-hydrogen) atoms. The second kappa shape index (κ2) is 5.77. The third kappa shape index (κ3) is 3.03. The molecule has 1 aliphatic heterocycles. The summed E-state index contributed by atoms with van der Waals surface area (Å²) in [7, 11) is 0. The molecule has 2 N–H and O–H groups in total. The second-order valence-electron chi connectivity index (χ2n) is 4.39. The number of piperidine rings is 1. The molecule has 6 nitrogen and oxygen atoms in total. The summed E-state index contributed by atoms with van der Waals surface area (Å²) in [5.74, 6) is 0.576. The first-order valence-electron chi connectivity index (χ1n) is 6.17. The monoisotopic (exact) mass is 237 g/mol. The van der Waals surface area contributed by atoms with Crippen LogP contribution in [0.2, 0.25) is 0 Å². The van der Waals surface area contributed by atoms with Crippen molar-refractivity contribution in [3.63, 3.8) is 0 Å². The van der Waals surface area contributed by atoms with E-state index < -0.39 is 0 Å². The van der Waals surface area contributed by atoms with Gasteiger partial charge in [-0.15, -0.1) is 0 Å². The van der Waals surface area contributed by atoms with Gasteiger partial charge < -0.3 is 10.2 Å². The van der Waals surface area contributed by atoms with Crippen LogP contribution in [0.25, 0.3) is 0 Å². The highest BCUT2D eigenvalue weighted by molar-refractivity contribution is 5.91. The van der Waals surface area contributed by atoms with Crippen LogP contribution < -0.4 is 5.32 Å². The highest BCUT2D eigenvalue weighted by Gasteiger charge is 2.21. The number of hydrogen-bond donors (Lipinski definition) is 2. The highest BCUT2D eigenvalue weighted by Crippen LogP contribution is 2.14. The Morgan fingerprint density at radius 2 is 2.29 bits per heavy atom. The summed E-state index contributed by atoms with van der Waals surface area (Å²) in [6.45, 7) is 5.65. The number of nitrogens with one attached hydrogen (secondary N) is 2. The van der Waals surface area contributed by atoms with Gasteiger partial charge in [-0.1, -0.05) is 0 Å². The number of carbonyl (C=O) groups is 1. The van der Waals surface area contributed by atoms with Gasteiger partial charge in [0.05, 0.1) is 6.20 Å². The molecule has 94 valence electrons. The molecule has 6 heteroatoms. The third-order valence-corrected chi connectivity index (χ3v) is 3.24. The average Bonchev–Trinajstić information content (AvgIpc) is 2.90. The normalized spacial score (nSPS) is 17.0. The number of hydrogen-bond acceptors (Lipinski definition) is 4. The molecule has 1 aromatic rings. The van der Waals surface area contributed by atoms with Crippen molar-refractivity contribution in [1.29, 1.82) is 0 Å². The fourth-order valence-corrected chi connectivity index (χ4v) is 2.20. The lowest BCUT2D eigenvalue weighted by molar-refractivity contribution is 0.0721. The maximum Gasteiger partial charge on any atom is 0.276 e. The van der Waals surface area contributed by atoms with Crippen LogP contribution in [0.3, 0.4) is 0 Å². The molecule has 1 saturated heterocycles. The molecule has 0 radical (unpaired) electrons. The summed E-state index contributed by atoms with van der Waals surface area (Å²) in [4.78, 5) is 14.0. The van der Waals surface area contributed by atoms with Crippen LogP contribution in [-0.2, 0) is 0 Å². The van der Waals surface area contributed by atoms with Crippen molar-refractivity contribution in [3.8, 4) is 0 Å². The van der Waals surface area contributed by atoms with Gasteiger partial charge in [0.2, 0.25) is 0 Å².